The molecule has 5 heteroatoms. The van der Waals surface area contributed by atoms with Crippen LogP contribution in [0.1, 0.15) is 28.8 Å². The maximum atomic E-state index is 11.9. The number of carbonyl (C=O) groups is 2. The predicted octanol–water partition coefficient (Wildman–Crippen LogP) is 2.72. The standard InChI is InChI=1S/C15H15NO4/c1-2-12-7-8-13(20-12)15(19)16-11-5-3-10(4-6-11)9-14(17)18/h3-8H,2,9H2,1H3,(H,16,19)(H,17,18). The van der Waals surface area contributed by atoms with Gasteiger partial charge in [0.05, 0.1) is 6.42 Å². The average Bonchev–Trinajstić information content (AvgIpc) is 2.89. The minimum Gasteiger partial charge on any atom is -0.481 e. The molecule has 0 spiro atoms. The van der Waals surface area contributed by atoms with Crippen LogP contribution in [0.25, 0.3) is 0 Å². The van der Waals surface area contributed by atoms with Crippen LogP contribution in [-0.4, -0.2) is 17.0 Å². The van der Waals surface area contributed by atoms with Gasteiger partial charge in [0.15, 0.2) is 5.76 Å². The molecule has 2 aromatic rings. The van der Waals surface area contributed by atoms with E-state index in [4.69, 9.17) is 9.52 Å². The quantitative estimate of drug-likeness (QED) is 0.877. The molecule has 0 aliphatic rings. The molecule has 0 unspecified atom stereocenters. The summed E-state index contributed by atoms with van der Waals surface area (Å²) in [5.41, 5.74) is 1.28. The molecule has 0 bridgehead atoms. The summed E-state index contributed by atoms with van der Waals surface area (Å²) in [6, 6.07) is 10.1. The molecule has 1 aromatic carbocycles. The molecule has 0 fully saturated rings. The van der Waals surface area contributed by atoms with Crippen molar-refractivity contribution in [3.8, 4) is 0 Å². The van der Waals surface area contributed by atoms with Gasteiger partial charge in [-0.1, -0.05) is 19.1 Å². The number of aliphatic carboxylic acids is 1. The van der Waals surface area contributed by atoms with Gasteiger partial charge in [0, 0.05) is 12.1 Å². The first-order valence-corrected chi connectivity index (χ1v) is 6.29. The molecular formula is C15H15NO4. The van der Waals surface area contributed by atoms with Crippen molar-refractivity contribution in [3.63, 3.8) is 0 Å². The van der Waals surface area contributed by atoms with Crippen LogP contribution in [0.2, 0.25) is 0 Å². The number of rotatable bonds is 5. The Morgan fingerprint density at radius 3 is 2.40 bits per heavy atom. The van der Waals surface area contributed by atoms with E-state index in [2.05, 4.69) is 5.32 Å². The average molecular weight is 273 g/mol. The lowest BCUT2D eigenvalue weighted by Crippen LogP contribution is -2.11. The van der Waals surface area contributed by atoms with E-state index in [9.17, 15) is 9.59 Å². The van der Waals surface area contributed by atoms with Gasteiger partial charge in [0.25, 0.3) is 5.91 Å². The first-order valence-electron chi connectivity index (χ1n) is 6.29. The molecule has 5 nitrogen and oxygen atoms in total. The highest BCUT2D eigenvalue weighted by Gasteiger charge is 2.11. The summed E-state index contributed by atoms with van der Waals surface area (Å²) in [5, 5.41) is 11.4. The number of carboxylic acids is 1. The van der Waals surface area contributed by atoms with E-state index in [1.165, 1.54) is 0 Å². The lowest BCUT2D eigenvalue weighted by Gasteiger charge is -2.04. The molecule has 20 heavy (non-hydrogen) atoms. The normalized spacial score (nSPS) is 10.2. The van der Waals surface area contributed by atoms with Crippen molar-refractivity contribution >= 4 is 17.6 Å². The Bertz CT molecular complexity index is 613. The SMILES string of the molecule is CCc1ccc(C(=O)Nc2ccc(CC(=O)O)cc2)o1. The van der Waals surface area contributed by atoms with Crippen molar-refractivity contribution in [2.75, 3.05) is 5.32 Å². The molecule has 0 atom stereocenters. The third kappa shape index (κ3) is 3.47. The summed E-state index contributed by atoms with van der Waals surface area (Å²) >= 11 is 0. The molecule has 0 aliphatic carbocycles. The summed E-state index contributed by atoms with van der Waals surface area (Å²) in [6.07, 6.45) is 0.698. The molecule has 1 amide bonds. The smallest absolute Gasteiger partial charge is 0.307 e. The lowest BCUT2D eigenvalue weighted by atomic mass is 10.1. The Labute approximate surface area is 116 Å². The number of hydrogen-bond donors (Lipinski definition) is 2. The van der Waals surface area contributed by atoms with Crippen molar-refractivity contribution < 1.29 is 19.1 Å². The van der Waals surface area contributed by atoms with Crippen LogP contribution < -0.4 is 5.32 Å². The Morgan fingerprint density at radius 2 is 1.85 bits per heavy atom. The number of nitrogens with one attached hydrogen (secondary N) is 1. The summed E-state index contributed by atoms with van der Waals surface area (Å²) in [7, 11) is 0. The fourth-order valence-corrected chi connectivity index (χ4v) is 1.76. The van der Waals surface area contributed by atoms with Gasteiger partial charge in [-0.3, -0.25) is 9.59 Å². The highest BCUT2D eigenvalue weighted by molar-refractivity contribution is 6.02. The van der Waals surface area contributed by atoms with Gasteiger partial charge in [-0.2, -0.15) is 0 Å². The molecular weight excluding hydrogens is 258 g/mol. The van der Waals surface area contributed by atoms with E-state index >= 15 is 0 Å². The van der Waals surface area contributed by atoms with Crippen LogP contribution in [0.15, 0.2) is 40.8 Å². The first-order chi connectivity index (χ1) is 9.58. The number of carbonyl (C=O) groups excluding carboxylic acids is 1. The molecule has 0 aliphatic heterocycles. The van der Waals surface area contributed by atoms with Crippen molar-refractivity contribution in [3.05, 3.63) is 53.5 Å². The second-order valence-corrected chi connectivity index (χ2v) is 4.34. The molecule has 2 rings (SSSR count). The summed E-state index contributed by atoms with van der Waals surface area (Å²) in [5.74, 6) is -0.191. The summed E-state index contributed by atoms with van der Waals surface area (Å²) in [4.78, 5) is 22.5. The van der Waals surface area contributed by atoms with Crippen LogP contribution in [-0.2, 0) is 17.6 Å². The highest BCUT2D eigenvalue weighted by Crippen LogP contribution is 2.14. The molecule has 0 saturated heterocycles. The van der Waals surface area contributed by atoms with E-state index < -0.39 is 5.97 Å². The highest BCUT2D eigenvalue weighted by atomic mass is 16.4. The van der Waals surface area contributed by atoms with Gasteiger partial charge in [-0.15, -0.1) is 0 Å². The Balaban J connectivity index is 2.02. The number of anilines is 1. The lowest BCUT2D eigenvalue weighted by molar-refractivity contribution is -0.136. The number of benzene rings is 1. The van der Waals surface area contributed by atoms with Gasteiger partial charge in [-0.05, 0) is 29.8 Å². The van der Waals surface area contributed by atoms with E-state index in [0.717, 1.165) is 12.2 Å². The van der Waals surface area contributed by atoms with Gasteiger partial charge in [0.2, 0.25) is 0 Å². The van der Waals surface area contributed by atoms with Crippen LogP contribution >= 0.6 is 0 Å². The third-order valence-corrected chi connectivity index (χ3v) is 2.80. The van der Waals surface area contributed by atoms with Crippen LogP contribution in [0, 0.1) is 0 Å². The van der Waals surface area contributed by atoms with Gasteiger partial charge >= 0.3 is 5.97 Å². The second kappa shape index (κ2) is 6.06. The Kier molecular flexibility index (Phi) is 4.20. The maximum Gasteiger partial charge on any atom is 0.307 e. The Hall–Kier alpha value is -2.56. The minimum absolute atomic E-state index is 0.0354. The topological polar surface area (TPSA) is 79.5 Å². The molecule has 104 valence electrons. The van der Waals surface area contributed by atoms with Crippen molar-refractivity contribution in [1.82, 2.24) is 0 Å². The number of furan rings is 1. The molecule has 2 N–H and O–H groups in total. The number of hydrogen-bond acceptors (Lipinski definition) is 3. The van der Waals surface area contributed by atoms with Gasteiger partial charge in [0.1, 0.15) is 5.76 Å². The first kappa shape index (κ1) is 13.9. The zero-order valence-corrected chi connectivity index (χ0v) is 11.1. The van der Waals surface area contributed by atoms with Crippen LogP contribution in [0.5, 0.6) is 0 Å². The Morgan fingerprint density at radius 1 is 1.15 bits per heavy atom. The number of amides is 1. The van der Waals surface area contributed by atoms with E-state index in [0.29, 0.717) is 11.3 Å². The van der Waals surface area contributed by atoms with Crippen LogP contribution in [0.3, 0.4) is 0 Å². The molecule has 1 heterocycles. The van der Waals surface area contributed by atoms with Crippen molar-refractivity contribution in [2.45, 2.75) is 19.8 Å². The van der Waals surface area contributed by atoms with Crippen LogP contribution in [0.4, 0.5) is 5.69 Å². The van der Waals surface area contributed by atoms with Crippen molar-refractivity contribution in [2.24, 2.45) is 0 Å². The largest absolute Gasteiger partial charge is 0.481 e. The number of carboxylic acid groups (broad SMARTS) is 1. The zero-order chi connectivity index (χ0) is 14.5. The van der Waals surface area contributed by atoms with Crippen molar-refractivity contribution in [1.29, 1.82) is 0 Å². The monoisotopic (exact) mass is 273 g/mol. The zero-order valence-electron chi connectivity index (χ0n) is 11.1. The van der Waals surface area contributed by atoms with E-state index in [1.807, 2.05) is 6.92 Å². The maximum absolute atomic E-state index is 11.9. The van der Waals surface area contributed by atoms with E-state index in [-0.39, 0.29) is 18.1 Å². The predicted molar refractivity (Wildman–Crippen MR) is 73.8 cm³/mol. The summed E-state index contributed by atoms with van der Waals surface area (Å²) < 4.78 is 5.35. The fourth-order valence-electron chi connectivity index (χ4n) is 1.76. The second-order valence-electron chi connectivity index (χ2n) is 4.34. The molecule has 0 saturated carbocycles. The molecule has 0 radical (unpaired) electrons. The third-order valence-electron chi connectivity index (χ3n) is 2.80. The van der Waals surface area contributed by atoms with Gasteiger partial charge in [-0.25, -0.2) is 0 Å². The summed E-state index contributed by atoms with van der Waals surface area (Å²) in [6.45, 7) is 1.95. The minimum atomic E-state index is -0.885. The fraction of sp³-hybridized carbons (Fsp3) is 0.200. The molecule has 1 aromatic heterocycles. The van der Waals surface area contributed by atoms with E-state index in [1.54, 1.807) is 36.4 Å². The number of aryl methyl sites for hydroxylation is 1. The van der Waals surface area contributed by atoms with Gasteiger partial charge < -0.3 is 14.8 Å².